The minimum absolute atomic E-state index is 0.284. The Labute approximate surface area is 116 Å². The van der Waals surface area contributed by atoms with E-state index in [2.05, 4.69) is 0 Å². The van der Waals surface area contributed by atoms with Crippen LogP contribution in [0.25, 0.3) is 0 Å². The van der Waals surface area contributed by atoms with Gasteiger partial charge in [-0.3, -0.25) is 4.79 Å². The van der Waals surface area contributed by atoms with Gasteiger partial charge in [-0.1, -0.05) is 0 Å². The molecule has 0 spiro atoms. The van der Waals surface area contributed by atoms with Crippen LogP contribution in [0.1, 0.15) is 51.9 Å². The number of nitrogens with zero attached hydrogens (tertiary/aromatic N) is 1. The summed E-state index contributed by atoms with van der Waals surface area (Å²) >= 11 is 0. The molecule has 0 atom stereocenters. The highest BCUT2D eigenvalue weighted by molar-refractivity contribution is 5.76. The number of hydrogen-bond donors (Lipinski definition) is 2. The van der Waals surface area contributed by atoms with Crippen molar-refractivity contribution in [3.63, 3.8) is 0 Å². The van der Waals surface area contributed by atoms with Gasteiger partial charge < -0.3 is 15.7 Å². The van der Waals surface area contributed by atoms with E-state index in [9.17, 15) is 9.90 Å². The third-order valence-electron chi connectivity index (χ3n) is 4.96. The maximum atomic E-state index is 12.2. The van der Waals surface area contributed by atoms with Crippen LogP contribution in [-0.2, 0) is 4.79 Å². The number of carbonyl (C=O) groups excluding carboxylic acids is 1. The predicted octanol–water partition coefficient (Wildman–Crippen LogP) is 1.51. The van der Waals surface area contributed by atoms with Crippen LogP contribution in [0.4, 0.5) is 0 Å². The number of piperidine rings is 1. The Balaban J connectivity index is 1.73. The number of nitrogens with two attached hydrogens (primary N) is 1. The van der Waals surface area contributed by atoms with Gasteiger partial charge in [0.2, 0.25) is 5.91 Å². The molecule has 1 saturated heterocycles. The van der Waals surface area contributed by atoms with E-state index < -0.39 is 5.60 Å². The number of hydrogen-bond acceptors (Lipinski definition) is 3. The molecule has 2 rings (SSSR count). The SMILES string of the molecule is CC1(O)CCN(C(=O)CC2CCC(CN)CC2)CC1. The van der Waals surface area contributed by atoms with E-state index >= 15 is 0 Å². The summed E-state index contributed by atoms with van der Waals surface area (Å²) in [6, 6.07) is 0. The zero-order valence-electron chi connectivity index (χ0n) is 12.1. The molecule has 0 radical (unpaired) electrons. The quantitative estimate of drug-likeness (QED) is 0.815. The van der Waals surface area contributed by atoms with Gasteiger partial charge in [-0.2, -0.15) is 0 Å². The Hall–Kier alpha value is -0.610. The van der Waals surface area contributed by atoms with Crippen molar-refractivity contribution in [3.05, 3.63) is 0 Å². The Bertz CT molecular complexity index is 299. The van der Waals surface area contributed by atoms with Crippen LogP contribution in [-0.4, -0.2) is 41.1 Å². The van der Waals surface area contributed by atoms with Gasteiger partial charge >= 0.3 is 0 Å². The van der Waals surface area contributed by atoms with Gasteiger partial charge in [0.15, 0.2) is 0 Å². The van der Waals surface area contributed by atoms with E-state index in [1.54, 1.807) is 0 Å². The number of likely N-dealkylation sites (tertiary alicyclic amines) is 1. The first kappa shape index (κ1) is 14.8. The molecule has 4 heteroatoms. The minimum atomic E-state index is -0.573. The third kappa shape index (κ3) is 4.18. The van der Waals surface area contributed by atoms with Crippen LogP contribution in [0.2, 0.25) is 0 Å². The fourth-order valence-electron chi connectivity index (χ4n) is 3.29. The van der Waals surface area contributed by atoms with Gasteiger partial charge in [0.05, 0.1) is 5.60 Å². The van der Waals surface area contributed by atoms with Gasteiger partial charge in [0, 0.05) is 19.5 Å². The van der Waals surface area contributed by atoms with Crippen LogP contribution in [0.5, 0.6) is 0 Å². The second-order valence-corrected chi connectivity index (χ2v) is 6.70. The molecule has 19 heavy (non-hydrogen) atoms. The molecule has 4 nitrogen and oxygen atoms in total. The van der Waals surface area contributed by atoms with Crippen molar-refractivity contribution in [1.82, 2.24) is 4.90 Å². The summed E-state index contributed by atoms with van der Waals surface area (Å²) in [5.41, 5.74) is 5.12. The largest absolute Gasteiger partial charge is 0.390 e. The fraction of sp³-hybridized carbons (Fsp3) is 0.933. The Kier molecular flexibility index (Phi) is 4.85. The van der Waals surface area contributed by atoms with E-state index in [0.717, 1.165) is 19.4 Å². The Morgan fingerprint density at radius 1 is 1.21 bits per heavy atom. The molecule has 1 aliphatic carbocycles. The van der Waals surface area contributed by atoms with E-state index in [4.69, 9.17) is 5.73 Å². The third-order valence-corrected chi connectivity index (χ3v) is 4.96. The van der Waals surface area contributed by atoms with E-state index in [-0.39, 0.29) is 5.91 Å². The zero-order valence-corrected chi connectivity index (χ0v) is 12.1. The van der Waals surface area contributed by atoms with Crippen LogP contribution in [0, 0.1) is 11.8 Å². The van der Waals surface area contributed by atoms with Gasteiger partial charge in [-0.05, 0) is 63.8 Å². The summed E-state index contributed by atoms with van der Waals surface area (Å²) < 4.78 is 0. The minimum Gasteiger partial charge on any atom is -0.390 e. The van der Waals surface area contributed by atoms with Gasteiger partial charge in [-0.25, -0.2) is 0 Å². The predicted molar refractivity (Wildman–Crippen MR) is 75.6 cm³/mol. The average Bonchev–Trinajstić information content (AvgIpc) is 2.39. The summed E-state index contributed by atoms with van der Waals surface area (Å²) in [5, 5.41) is 9.90. The van der Waals surface area contributed by atoms with Crippen molar-refractivity contribution in [2.45, 2.75) is 57.5 Å². The molecule has 2 fully saturated rings. The monoisotopic (exact) mass is 268 g/mol. The molecule has 0 bridgehead atoms. The molecule has 0 aromatic heterocycles. The van der Waals surface area contributed by atoms with Crippen LogP contribution < -0.4 is 5.73 Å². The maximum Gasteiger partial charge on any atom is 0.222 e. The lowest BCUT2D eigenvalue weighted by atomic mass is 9.80. The van der Waals surface area contributed by atoms with Crippen molar-refractivity contribution in [3.8, 4) is 0 Å². The highest BCUT2D eigenvalue weighted by Crippen LogP contribution is 2.31. The number of amides is 1. The maximum absolute atomic E-state index is 12.2. The molecule has 1 aliphatic heterocycles. The molecule has 2 aliphatic rings. The molecule has 3 N–H and O–H groups in total. The summed E-state index contributed by atoms with van der Waals surface area (Å²) in [7, 11) is 0. The Morgan fingerprint density at radius 2 is 1.74 bits per heavy atom. The van der Waals surface area contributed by atoms with Gasteiger partial charge in [0.1, 0.15) is 0 Å². The first-order valence-corrected chi connectivity index (χ1v) is 7.70. The van der Waals surface area contributed by atoms with Gasteiger partial charge in [0.25, 0.3) is 0 Å². The second kappa shape index (κ2) is 6.23. The first-order chi connectivity index (χ1) is 9.00. The number of aliphatic hydroxyl groups is 1. The second-order valence-electron chi connectivity index (χ2n) is 6.70. The van der Waals surface area contributed by atoms with Crippen molar-refractivity contribution >= 4 is 5.91 Å². The highest BCUT2D eigenvalue weighted by atomic mass is 16.3. The van der Waals surface area contributed by atoms with E-state index in [0.29, 0.717) is 44.2 Å². The average molecular weight is 268 g/mol. The molecule has 1 saturated carbocycles. The van der Waals surface area contributed by atoms with E-state index in [1.165, 1.54) is 12.8 Å². The number of rotatable bonds is 3. The van der Waals surface area contributed by atoms with Crippen LogP contribution in [0.15, 0.2) is 0 Å². The van der Waals surface area contributed by atoms with Crippen molar-refractivity contribution < 1.29 is 9.90 Å². The first-order valence-electron chi connectivity index (χ1n) is 7.70. The van der Waals surface area contributed by atoms with E-state index in [1.807, 2.05) is 11.8 Å². The fourth-order valence-corrected chi connectivity index (χ4v) is 3.29. The molecular formula is C15H28N2O2. The van der Waals surface area contributed by atoms with Crippen LogP contribution in [0.3, 0.4) is 0 Å². The smallest absolute Gasteiger partial charge is 0.222 e. The summed E-state index contributed by atoms with van der Waals surface area (Å²) in [6.45, 7) is 4.08. The number of carbonyl (C=O) groups is 1. The molecule has 0 aromatic rings. The lowest BCUT2D eigenvalue weighted by Gasteiger charge is -2.37. The van der Waals surface area contributed by atoms with Crippen molar-refractivity contribution in [2.24, 2.45) is 17.6 Å². The molecule has 0 aromatic carbocycles. The molecule has 110 valence electrons. The zero-order chi connectivity index (χ0) is 13.9. The Morgan fingerprint density at radius 3 is 2.26 bits per heavy atom. The highest BCUT2D eigenvalue weighted by Gasteiger charge is 2.31. The van der Waals surface area contributed by atoms with Gasteiger partial charge in [-0.15, -0.1) is 0 Å². The lowest BCUT2D eigenvalue weighted by molar-refractivity contribution is -0.136. The molecule has 1 heterocycles. The lowest BCUT2D eigenvalue weighted by Crippen LogP contribution is -2.45. The topological polar surface area (TPSA) is 66.6 Å². The summed E-state index contributed by atoms with van der Waals surface area (Å²) in [6.07, 6.45) is 6.78. The van der Waals surface area contributed by atoms with Crippen molar-refractivity contribution in [2.75, 3.05) is 19.6 Å². The summed E-state index contributed by atoms with van der Waals surface area (Å²) in [4.78, 5) is 14.2. The molecular weight excluding hydrogens is 240 g/mol. The normalized spacial score (nSPS) is 31.2. The standard InChI is InChI=1S/C15H28N2O2/c1-15(19)6-8-17(9-7-15)14(18)10-12-2-4-13(11-16)5-3-12/h12-13,19H,2-11,16H2,1H3. The summed E-state index contributed by atoms with van der Waals surface area (Å²) in [5.74, 6) is 1.51. The van der Waals surface area contributed by atoms with Crippen molar-refractivity contribution in [1.29, 1.82) is 0 Å². The van der Waals surface area contributed by atoms with Crippen LogP contribution >= 0.6 is 0 Å². The molecule has 0 unspecified atom stereocenters. The molecule has 1 amide bonds.